The fourth-order valence-electron chi connectivity index (χ4n) is 2.67. The normalized spacial score (nSPS) is 20.4. The summed E-state index contributed by atoms with van der Waals surface area (Å²) in [6.45, 7) is 7.02. The summed E-state index contributed by atoms with van der Waals surface area (Å²) in [5.74, 6) is 0.0211. The number of carbonyl (C=O) groups is 2. The molecule has 0 radical (unpaired) electrons. The smallest absolute Gasteiger partial charge is 0.225 e. The van der Waals surface area contributed by atoms with Crippen molar-refractivity contribution in [2.75, 3.05) is 13.1 Å². The molecule has 1 aliphatic heterocycles. The Morgan fingerprint density at radius 2 is 2.19 bits per heavy atom. The summed E-state index contributed by atoms with van der Waals surface area (Å²) in [6, 6.07) is -0.0765. The van der Waals surface area contributed by atoms with Gasteiger partial charge in [0, 0.05) is 30.8 Å². The van der Waals surface area contributed by atoms with Crippen LogP contribution in [0.25, 0.3) is 0 Å². The maximum Gasteiger partial charge on any atom is 0.225 e. The predicted octanol–water partition coefficient (Wildman–Crippen LogP) is 1.48. The molecular weight excluding hydrogens is 268 g/mol. The largest absolute Gasteiger partial charge is 0.349 e. The summed E-state index contributed by atoms with van der Waals surface area (Å²) < 4.78 is 0. The number of hydrogen-bond donors (Lipinski definition) is 2. The van der Waals surface area contributed by atoms with Crippen LogP contribution in [0.5, 0.6) is 0 Å². The van der Waals surface area contributed by atoms with Gasteiger partial charge in [-0.2, -0.15) is 5.10 Å². The van der Waals surface area contributed by atoms with E-state index in [1.165, 1.54) is 0 Å². The van der Waals surface area contributed by atoms with Crippen LogP contribution in [-0.2, 0) is 9.59 Å². The van der Waals surface area contributed by atoms with Crippen LogP contribution in [0.3, 0.4) is 0 Å². The molecule has 2 heterocycles. The fourth-order valence-corrected chi connectivity index (χ4v) is 2.67. The van der Waals surface area contributed by atoms with Gasteiger partial charge in [0.2, 0.25) is 11.8 Å². The number of H-pyrrole nitrogens is 1. The molecule has 1 aromatic heterocycles. The number of aromatic amines is 1. The molecule has 0 spiro atoms. The van der Waals surface area contributed by atoms with E-state index >= 15 is 0 Å². The number of likely N-dealkylation sites (tertiary alicyclic amines) is 1. The van der Waals surface area contributed by atoms with Crippen molar-refractivity contribution in [1.82, 2.24) is 20.4 Å². The van der Waals surface area contributed by atoms with Crippen molar-refractivity contribution in [3.63, 3.8) is 0 Å². The maximum atomic E-state index is 12.4. The first-order chi connectivity index (χ1) is 9.99. The minimum atomic E-state index is -0.115. The zero-order valence-corrected chi connectivity index (χ0v) is 12.9. The van der Waals surface area contributed by atoms with E-state index in [9.17, 15) is 9.59 Å². The molecule has 1 aromatic rings. The molecule has 2 atom stereocenters. The monoisotopic (exact) mass is 292 g/mol. The third kappa shape index (κ3) is 3.83. The highest BCUT2D eigenvalue weighted by atomic mass is 16.2. The number of piperidine rings is 1. The number of hydrogen-bond acceptors (Lipinski definition) is 3. The third-order valence-electron chi connectivity index (χ3n) is 3.98. The molecule has 0 saturated carbocycles. The molecule has 21 heavy (non-hydrogen) atoms. The van der Waals surface area contributed by atoms with Gasteiger partial charge in [-0.05, 0) is 19.8 Å². The molecule has 0 bridgehead atoms. The molecule has 2 amide bonds. The van der Waals surface area contributed by atoms with Gasteiger partial charge in [-0.1, -0.05) is 13.8 Å². The number of nitrogens with one attached hydrogen (secondary N) is 2. The van der Waals surface area contributed by atoms with Crippen molar-refractivity contribution >= 4 is 11.8 Å². The lowest BCUT2D eigenvalue weighted by Gasteiger charge is -2.33. The quantitative estimate of drug-likeness (QED) is 0.882. The summed E-state index contributed by atoms with van der Waals surface area (Å²) >= 11 is 0. The zero-order valence-electron chi connectivity index (χ0n) is 12.9. The number of nitrogens with zero attached hydrogens (tertiary/aromatic N) is 2. The topological polar surface area (TPSA) is 78.1 Å². The van der Waals surface area contributed by atoms with E-state index in [1.807, 2.05) is 25.7 Å². The van der Waals surface area contributed by atoms with Crippen LogP contribution in [0.15, 0.2) is 12.4 Å². The molecule has 2 rings (SSSR count). The van der Waals surface area contributed by atoms with E-state index < -0.39 is 0 Å². The van der Waals surface area contributed by atoms with E-state index in [1.54, 1.807) is 12.4 Å². The van der Waals surface area contributed by atoms with Crippen molar-refractivity contribution in [3.05, 3.63) is 18.0 Å². The van der Waals surface area contributed by atoms with Gasteiger partial charge in [-0.15, -0.1) is 0 Å². The highest BCUT2D eigenvalue weighted by Gasteiger charge is 2.29. The van der Waals surface area contributed by atoms with Gasteiger partial charge in [0.1, 0.15) is 0 Å². The highest BCUT2D eigenvalue weighted by Crippen LogP contribution is 2.20. The van der Waals surface area contributed by atoms with Gasteiger partial charge < -0.3 is 10.2 Å². The van der Waals surface area contributed by atoms with Crippen molar-refractivity contribution < 1.29 is 9.59 Å². The molecule has 2 unspecified atom stereocenters. The van der Waals surface area contributed by atoms with Crippen LogP contribution < -0.4 is 5.32 Å². The Hall–Kier alpha value is -1.85. The van der Waals surface area contributed by atoms with Crippen molar-refractivity contribution in [2.45, 2.75) is 39.7 Å². The zero-order chi connectivity index (χ0) is 15.4. The Kier molecular flexibility index (Phi) is 4.98. The first-order valence-corrected chi connectivity index (χ1v) is 7.57. The van der Waals surface area contributed by atoms with Crippen LogP contribution in [0.1, 0.15) is 45.2 Å². The Morgan fingerprint density at radius 3 is 2.81 bits per heavy atom. The molecule has 0 aliphatic carbocycles. The van der Waals surface area contributed by atoms with Gasteiger partial charge in [0.15, 0.2) is 0 Å². The lowest BCUT2D eigenvalue weighted by atomic mass is 9.95. The Morgan fingerprint density at radius 1 is 1.43 bits per heavy atom. The molecule has 6 nitrogen and oxygen atoms in total. The first kappa shape index (κ1) is 15.5. The summed E-state index contributed by atoms with van der Waals surface area (Å²) in [7, 11) is 0. The predicted molar refractivity (Wildman–Crippen MR) is 79.3 cm³/mol. The Labute approximate surface area is 125 Å². The molecule has 1 fully saturated rings. The Bertz CT molecular complexity index is 484. The van der Waals surface area contributed by atoms with Gasteiger partial charge in [-0.3, -0.25) is 14.7 Å². The van der Waals surface area contributed by atoms with E-state index in [2.05, 4.69) is 15.5 Å². The van der Waals surface area contributed by atoms with Crippen LogP contribution in [0.4, 0.5) is 0 Å². The Balaban J connectivity index is 1.91. The van der Waals surface area contributed by atoms with Crippen LogP contribution in [-0.4, -0.2) is 40.0 Å². The molecule has 6 heteroatoms. The lowest BCUT2D eigenvalue weighted by molar-refractivity contribution is -0.138. The fraction of sp³-hybridized carbons (Fsp3) is 0.667. The maximum absolute atomic E-state index is 12.4. The van der Waals surface area contributed by atoms with Gasteiger partial charge in [0.25, 0.3) is 0 Å². The molecular formula is C15H24N4O2. The SMILES string of the molecule is CC(C)C(=O)N1CCCC(C(=O)NC(C)c2cn[nH]c2)C1. The molecule has 2 N–H and O–H groups in total. The number of aromatic nitrogens is 2. The second kappa shape index (κ2) is 6.74. The first-order valence-electron chi connectivity index (χ1n) is 7.57. The minimum absolute atomic E-state index is 0.0170. The number of amides is 2. The van der Waals surface area contributed by atoms with E-state index in [0.717, 1.165) is 24.9 Å². The van der Waals surface area contributed by atoms with Crippen molar-refractivity contribution in [2.24, 2.45) is 11.8 Å². The third-order valence-corrected chi connectivity index (χ3v) is 3.98. The standard InChI is InChI=1S/C15H24N4O2/c1-10(2)15(21)19-6-4-5-12(9-19)14(20)18-11(3)13-7-16-17-8-13/h7-8,10-12H,4-6,9H2,1-3H3,(H,16,17)(H,18,20). The highest BCUT2D eigenvalue weighted by molar-refractivity contribution is 5.82. The van der Waals surface area contributed by atoms with Crippen LogP contribution >= 0.6 is 0 Å². The molecule has 116 valence electrons. The summed E-state index contributed by atoms with van der Waals surface area (Å²) in [5.41, 5.74) is 0.953. The average molecular weight is 292 g/mol. The van der Waals surface area contributed by atoms with Gasteiger partial charge in [0.05, 0.1) is 18.2 Å². The van der Waals surface area contributed by atoms with E-state index in [-0.39, 0.29) is 29.7 Å². The average Bonchev–Trinajstić information content (AvgIpc) is 3.00. The number of rotatable bonds is 4. The summed E-state index contributed by atoms with van der Waals surface area (Å²) in [4.78, 5) is 26.2. The summed E-state index contributed by atoms with van der Waals surface area (Å²) in [6.07, 6.45) is 5.21. The summed E-state index contributed by atoms with van der Waals surface area (Å²) in [5, 5.41) is 9.64. The van der Waals surface area contributed by atoms with E-state index in [4.69, 9.17) is 0 Å². The molecule has 1 aliphatic rings. The second-order valence-electron chi connectivity index (χ2n) is 6.04. The molecule has 0 aromatic carbocycles. The van der Waals surface area contributed by atoms with Crippen molar-refractivity contribution in [1.29, 1.82) is 0 Å². The molecule has 1 saturated heterocycles. The number of carbonyl (C=O) groups excluding carboxylic acids is 2. The van der Waals surface area contributed by atoms with E-state index in [0.29, 0.717) is 6.54 Å². The van der Waals surface area contributed by atoms with Crippen molar-refractivity contribution in [3.8, 4) is 0 Å². The van der Waals surface area contributed by atoms with Gasteiger partial charge >= 0.3 is 0 Å². The minimum Gasteiger partial charge on any atom is -0.349 e. The van der Waals surface area contributed by atoms with Gasteiger partial charge in [-0.25, -0.2) is 0 Å². The second-order valence-corrected chi connectivity index (χ2v) is 6.04. The lowest BCUT2D eigenvalue weighted by Crippen LogP contribution is -2.47. The van der Waals surface area contributed by atoms with Crippen LogP contribution in [0.2, 0.25) is 0 Å². The van der Waals surface area contributed by atoms with Crippen LogP contribution in [0, 0.1) is 11.8 Å².